The highest BCUT2D eigenvalue weighted by Crippen LogP contribution is 2.30. The molecule has 4 N–H and O–H groups in total. The number of hydrogen-bond acceptors (Lipinski definition) is 3. The fraction of sp³-hybridized carbons (Fsp3) is 0.846. The summed E-state index contributed by atoms with van der Waals surface area (Å²) in [6.45, 7) is 2.87. The van der Waals surface area contributed by atoms with Crippen LogP contribution in [-0.4, -0.2) is 29.6 Å². The van der Waals surface area contributed by atoms with Gasteiger partial charge >= 0.3 is 5.97 Å². The zero-order chi connectivity index (χ0) is 13.5. The molecule has 0 aromatic rings. The zero-order valence-electron chi connectivity index (χ0n) is 11.0. The Morgan fingerprint density at radius 3 is 2.78 bits per heavy atom. The van der Waals surface area contributed by atoms with E-state index in [1.807, 2.05) is 0 Å². The van der Waals surface area contributed by atoms with Crippen LogP contribution in [0.5, 0.6) is 0 Å². The molecule has 5 nitrogen and oxygen atoms in total. The van der Waals surface area contributed by atoms with Crippen LogP contribution in [0.4, 0.5) is 0 Å². The molecule has 3 unspecified atom stereocenters. The molecule has 5 heteroatoms. The molecular weight excluding hydrogens is 232 g/mol. The van der Waals surface area contributed by atoms with Gasteiger partial charge in [0, 0.05) is 6.54 Å². The van der Waals surface area contributed by atoms with E-state index in [1.54, 1.807) is 0 Å². The molecule has 1 fully saturated rings. The van der Waals surface area contributed by atoms with E-state index < -0.39 is 12.0 Å². The van der Waals surface area contributed by atoms with E-state index in [-0.39, 0.29) is 12.3 Å². The molecule has 3 atom stereocenters. The molecule has 0 aromatic carbocycles. The molecule has 0 aliphatic heterocycles. The first-order valence-corrected chi connectivity index (χ1v) is 6.74. The van der Waals surface area contributed by atoms with Crippen LogP contribution < -0.4 is 11.1 Å². The van der Waals surface area contributed by atoms with Crippen molar-refractivity contribution >= 4 is 11.9 Å². The quantitative estimate of drug-likeness (QED) is 0.664. The molecule has 0 bridgehead atoms. The van der Waals surface area contributed by atoms with Gasteiger partial charge in [0.05, 0.1) is 12.5 Å². The van der Waals surface area contributed by atoms with Crippen molar-refractivity contribution in [1.29, 1.82) is 0 Å². The van der Waals surface area contributed by atoms with Gasteiger partial charge in [-0.2, -0.15) is 0 Å². The van der Waals surface area contributed by atoms with Gasteiger partial charge in [0.1, 0.15) is 0 Å². The van der Waals surface area contributed by atoms with Gasteiger partial charge in [-0.3, -0.25) is 9.59 Å². The molecular formula is C13H24N2O3. The summed E-state index contributed by atoms with van der Waals surface area (Å²) in [5.41, 5.74) is 5.47. The molecule has 0 saturated heterocycles. The Labute approximate surface area is 108 Å². The minimum Gasteiger partial charge on any atom is -0.481 e. The van der Waals surface area contributed by atoms with Crippen molar-refractivity contribution in [3.63, 3.8) is 0 Å². The fourth-order valence-electron chi connectivity index (χ4n) is 2.63. The number of nitrogens with one attached hydrogen (secondary N) is 1. The van der Waals surface area contributed by atoms with E-state index in [9.17, 15) is 9.59 Å². The lowest BCUT2D eigenvalue weighted by Crippen LogP contribution is -2.42. The van der Waals surface area contributed by atoms with Crippen LogP contribution in [-0.2, 0) is 9.59 Å². The molecule has 1 amide bonds. The molecule has 1 saturated carbocycles. The Bertz CT molecular complexity index is 294. The van der Waals surface area contributed by atoms with Gasteiger partial charge < -0.3 is 16.2 Å². The second-order valence-corrected chi connectivity index (χ2v) is 5.42. The summed E-state index contributed by atoms with van der Waals surface area (Å²) in [4.78, 5) is 21.9. The smallest absolute Gasteiger partial charge is 0.305 e. The van der Waals surface area contributed by atoms with Crippen molar-refractivity contribution in [2.45, 2.75) is 51.5 Å². The summed E-state index contributed by atoms with van der Waals surface area (Å²) in [5.74, 6) is 0.0680. The number of amides is 1. The number of carboxylic acid groups (broad SMARTS) is 1. The van der Waals surface area contributed by atoms with E-state index in [2.05, 4.69) is 12.2 Å². The van der Waals surface area contributed by atoms with Crippen LogP contribution in [0.1, 0.15) is 45.4 Å². The Hall–Kier alpha value is -1.10. The van der Waals surface area contributed by atoms with E-state index >= 15 is 0 Å². The molecule has 18 heavy (non-hydrogen) atoms. The first kappa shape index (κ1) is 15.0. The molecule has 1 aliphatic rings. The van der Waals surface area contributed by atoms with Crippen molar-refractivity contribution in [1.82, 2.24) is 5.32 Å². The van der Waals surface area contributed by atoms with Crippen molar-refractivity contribution in [2.75, 3.05) is 6.54 Å². The third-order valence-corrected chi connectivity index (χ3v) is 3.63. The molecule has 0 heterocycles. The largest absolute Gasteiger partial charge is 0.481 e. The van der Waals surface area contributed by atoms with E-state index in [4.69, 9.17) is 10.8 Å². The topological polar surface area (TPSA) is 92.4 Å². The molecule has 104 valence electrons. The Morgan fingerprint density at radius 2 is 2.17 bits per heavy atom. The average Bonchev–Trinajstić information content (AvgIpc) is 2.28. The van der Waals surface area contributed by atoms with Crippen LogP contribution in [0, 0.1) is 11.8 Å². The Balaban J connectivity index is 2.16. The monoisotopic (exact) mass is 256 g/mol. The van der Waals surface area contributed by atoms with Gasteiger partial charge in [0.15, 0.2) is 0 Å². The standard InChI is InChI=1S/C13H24N2O3/c1-9-3-2-4-10(7-9)5-6-15-13(18)11(14)8-12(16)17/h9-11H,2-8,14H2,1H3,(H,15,18)(H,16,17). The number of nitrogens with two attached hydrogens (primary N) is 1. The average molecular weight is 256 g/mol. The summed E-state index contributed by atoms with van der Waals surface area (Å²) >= 11 is 0. The molecule has 0 aromatic heterocycles. The predicted molar refractivity (Wildman–Crippen MR) is 69.0 cm³/mol. The van der Waals surface area contributed by atoms with Crippen molar-refractivity contribution < 1.29 is 14.7 Å². The maximum absolute atomic E-state index is 11.5. The summed E-state index contributed by atoms with van der Waals surface area (Å²) < 4.78 is 0. The van der Waals surface area contributed by atoms with Crippen molar-refractivity contribution in [2.24, 2.45) is 17.6 Å². The third kappa shape index (κ3) is 5.49. The minimum atomic E-state index is -1.04. The first-order valence-electron chi connectivity index (χ1n) is 6.74. The summed E-state index contributed by atoms with van der Waals surface area (Å²) in [5, 5.41) is 11.3. The maximum Gasteiger partial charge on any atom is 0.305 e. The second kappa shape index (κ2) is 7.36. The van der Waals surface area contributed by atoms with Crippen molar-refractivity contribution in [3.05, 3.63) is 0 Å². The highest BCUT2D eigenvalue weighted by atomic mass is 16.4. The highest BCUT2D eigenvalue weighted by molar-refractivity contribution is 5.85. The second-order valence-electron chi connectivity index (χ2n) is 5.42. The number of carboxylic acids is 1. The highest BCUT2D eigenvalue weighted by Gasteiger charge is 2.20. The van der Waals surface area contributed by atoms with E-state index in [1.165, 1.54) is 25.7 Å². The molecule has 1 aliphatic carbocycles. The fourth-order valence-corrected chi connectivity index (χ4v) is 2.63. The predicted octanol–water partition coefficient (Wildman–Crippen LogP) is 1.12. The SMILES string of the molecule is CC1CCCC(CCNC(=O)C(N)CC(=O)O)C1. The van der Waals surface area contributed by atoms with Gasteiger partial charge in [-0.1, -0.05) is 26.2 Å². The normalized spacial score (nSPS) is 25.4. The lowest BCUT2D eigenvalue weighted by Gasteiger charge is -2.26. The maximum atomic E-state index is 11.5. The van der Waals surface area contributed by atoms with E-state index in [0.29, 0.717) is 12.5 Å². The van der Waals surface area contributed by atoms with Gasteiger partial charge in [0.2, 0.25) is 5.91 Å². The third-order valence-electron chi connectivity index (χ3n) is 3.63. The van der Waals surface area contributed by atoms with Crippen LogP contribution >= 0.6 is 0 Å². The number of carbonyl (C=O) groups excluding carboxylic acids is 1. The van der Waals surface area contributed by atoms with Gasteiger partial charge in [0.25, 0.3) is 0 Å². The zero-order valence-corrected chi connectivity index (χ0v) is 11.0. The Morgan fingerprint density at radius 1 is 1.44 bits per heavy atom. The molecule has 0 spiro atoms. The minimum absolute atomic E-state index is 0.313. The lowest BCUT2D eigenvalue weighted by molar-refractivity contribution is -0.139. The summed E-state index contributed by atoms with van der Waals surface area (Å²) in [6, 6.07) is -0.937. The van der Waals surface area contributed by atoms with Gasteiger partial charge in [-0.15, -0.1) is 0 Å². The van der Waals surface area contributed by atoms with Crippen LogP contribution in [0.25, 0.3) is 0 Å². The molecule has 0 radical (unpaired) electrons. The van der Waals surface area contributed by atoms with Crippen LogP contribution in [0.15, 0.2) is 0 Å². The first-order chi connectivity index (χ1) is 8.49. The van der Waals surface area contributed by atoms with Gasteiger partial charge in [-0.25, -0.2) is 0 Å². The summed E-state index contributed by atoms with van der Waals surface area (Å²) in [7, 11) is 0. The number of rotatable bonds is 6. The lowest BCUT2D eigenvalue weighted by atomic mass is 9.81. The number of aliphatic carboxylic acids is 1. The summed E-state index contributed by atoms with van der Waals surface area (Å²) in [6.07, 6.45) is 5.71. The number of carbonyl (C=O) groups is 2. The number of hydrogen-bond donors (Lipinski definition) is 3. The Kier molecular flexibility index (Phi) is 6.12. The molecule has 1 rings (SSSR count). The van der Waals surface area contributed by atoms with Gasteiger partial charge in [-0.05, 0) is 24.7 Å². The van der Waals surface area contributed by atoms with Crippen molar-refractivity contribution in [3.8, 4) is 0 Å². The van der Waals surface area contributed by atoms with E-state index in [0.717, 1.165) is 12.3 Å². The van der Waals surface area contributed by atoms with Crippen LogP contribution in [0.3, 0.4) is 0 Å². The van der Waals surface area contributed by atoms with Crippen LogP contribution in [0.2, 0.25) is 0 Å².